The molecule has 0 fully saturated rings. The molecule has 10 nitrogen and oxygen atoms in total. The van der Waals surface area contributed by atoms with Gasteiger partial charge in [0.25, 0.3) is 5.91 Å². The standard InChI is InChI=1S/C39H33NO9/c1-23-18-24(2)35(25(3)19-23)36(41)40-29-12-6-26(7-13-29)37(42)47-32-20-33(48-38(43)27-8-14-30(45-4)15-9-27)22-34(21-32)49-39(44)28-10-16-31(46-5)17-11-28/h6-22H,1-5H3,(H,40,41). The van der Waals surface area contributed by atoms with E-state index in [4.69, 9.17) is 23.7 Å². The summed E-state index contributed by atoms with van der Waals surface area (Å²) in [6.45, 7) is 5.74. The van der Waals surface area contributed by atoms with Crippen molar-refractivity contribution in [2.45, 2.75) is 20.8 Å². The molecule has 10 heteroatoms. The minimum Gasteiger partial charge on any atom is -0.497 e. The predicted octanol–water partition coefficient (Wildman–Crippen LogP) is 7.54. The molecule has 0 aromatic heterocycles. The van der Waals surface area contributed by atoms with Crippen LogP contribution in [-0.4, -0.2) is 38.0 Å². The number of anilines is 1. The number of hydrogen-bond donors (Lipinski definition) is 1. The smallest absolute Gasteiger partial charge is 0.343 e. The van der Waals surface area contributed by atoms with Crippen LogP contribution in [0.4, 0.5) is 5.69 Å². The molecule has 5 rings (SSSR count). The average Bonchev–Trinajstić information content (AvgIpc) is 3.08. The molecule has 0 spiro atoms. The summed E-state index contributed by atoms with van der Waals surface area (Å²) < 4.78 is 27.0. The molecule has 0 saturated heterocycles. The highest BCUT2D eigenvalue weighted by Gasteiger charge is 2.18. The molecule has 0 radical (unpaired) electrons. The van der Waals surface area contributed by atoms with Crippen LogP contribution in [0.25, 0.3) is 0 Å². The van der Waals surface area contributed by atoms with Gasteiger partial charge in [-0.3, -0.25) is 4.79 Å². The Bertz CT molecular complexity index is 1910. The van der Waals surface area contributed by atoms with E-state index in [1.807, 2.05) is 32.9 Å². The number of hydrogen-bond acceptors (Lipinski definition) is 9. The molecule has 0 aliphatic rings. The van der Waals surface area contributed by atoms with Gasteiger partial charge < -0.3 is 29.0 Å². The van der Waals surface area contributed by atoms with E-state index in [0.717, 1.165) is 16.7 Å². The van der Waals surface area contributed by atoms with Crippen LogP contribution in [0.2, 0.25) is 0 Å². The maximum atomic E-state index is 13.2. The zero-order valence-electron chi connectivity index (χ0n) is 27.5. The highest BCUT2D eigenvalue weighted by atomic mass is 16.6. The molecule has 49 heavy (non-hydrogen) atoms. The van der Waals surface area contributed by atoms with E-state index in [2.05, 4.69) is 5.32 Å². The number of ether oxygens (including phenoxy) is 5. The lowest BCUT2D eigenvalue weighted by Gasteiger charge is -2.13. The number of methoxy groups -OCH3 is 2. The first kappa shape index (κ1) is 33.9. The van der Waals surface area contributed by atoms with E-state index in [0.29, 0.717) is 22.7 Å². The van der Waals surface area contributed by atoms with Gasteiger partial charge in [-0.05, 0) is 105 Å². The van der Waals surface area contributed by atoms with Gasteiger partial charge >= 0.3 is 17.9 Å². The van der Waals surface area contributed by atoms with Gasteiger partial charge in [0.1, 0.15) is 28.7 Å². The Morgan fingerprint density at radius 2 is 0.816 bits per heavy atom. The fraction of sp³-hybridized carbons (Fsp3) is 0.128. The molecular weight excluding hydrogens is 626 g/mol. The largest absolute Gasteiger partial charge is 0.497 e. The molecule has 0 saturated carbocycles. The minimum atomic E-state index is -0.742. The van der Waals surface area contributed by atoms with Gasteiger partial charge in [0, 0.05) is 29.4 Å². The molecule has 0 atom stereocenters. The summed E-state index contributed by atoms with van der Waals surface area (Å²) in [4.78, 5) is 52.0. The van der Waals surface area contributed by atoms with E-state index in [-0.39, 0.29) is 39.8 Å². The predicted molar refractivity (Wildman–Crippen MR) is 182 cm³/mol. The molecule has 0 unspecified atom stereocenters. The van der Waals surface area contributed by atoms with Gasteiger partial charge in [0.05, 0.1) is 30.9 Å². The van der Waals surface area contributed by atoms with Crippen molar-refractivity contribution >= 4 is 29.5 Å². The molecule has 1 amide bonds. The lowest BCUT2D eigenvalue weighted by molar-refractivity contribution is 0.0730. The summed E-state index contributed by atoms with van der Waals surface area (Å²) in [5.74, 6) is -1.41. The van der Waals surface area contributed by atoms with Crippen LogP contribution < -0.4 is 29.0 Å². The Labute approximate surface area is 283 Å². The fourth-order valence-corrected chi connectivity index (χ4v) is 5.10. The summed E-state index contributed by atoms with van der Waals surface area (Å²) in [5.41, 5.74) is 4.52. The summed E-state index contributed by atoms with van der Waals surface area (Å²) in [7, 11) is 3.02. The number of aryl methyl sites for hydroxylation is 3. The molecule has 0 bridgehead atoms. The lowest BCUT2D eigenvalue weighted by Crippen LogP contribution is -2.15. The van der Waals surface area contributed by atoms with Crippen molar-refractivity contribution in [1.82, 2.24) is 0 Å². The highest BCUT2D eigenvalue weighted by molar-refractivity contribution is 6.06. The number of nitrogens with one attached hydrogen (secondary N) is 1. The number of carbonyl (C=O) groups is 4. The summed E-state index contributed by atoms with van der Waals surface area (Å²) in [6, 6.07) is 26.6. The summed E-state index contributed by atoms with van der Waals surface area (Å²) in [6.07, 6.45) is 0. The monoisotopic (exact) mass is 659 g/mol. The first-order chi connectivity index (χ1) is 23.5. The quantitative estimate of drug-likeness (QED) is 0.120. The Morgan fingerprint density at radius 3 is 1.16 bits per heavy atom. The summed E-state index contributed by atoms with van der Waals surface area (Å²) in [5, 5.41) is 2.86. The van der Waals surface area contributed by atoms with Gasteiger partial charge in [-0.25, -0.2) is 14.4 Å². The third-order valence-corrected chi connectivity index (χ3v) is 7.42. The average molecular weight is 660 g/mol. The van der Waals surface area contributed by atoms with Gasteiger partial charge in [0.2, 0.25) is 0 Å². The highest BCUT2D eigenvalue weighted by Crippen LogP contribution is 2.30. The first-order valence-electron chi connectivity index (χ1n) is 15.1. The molecule has 5 aromatic carbocycles. The van der Waals surface area contributed by atoms with E-state index < -0.39 is 17.9 Å². The van der Waals surface area contributed by atoms with Gasteiger partial charge in [-0.15, -0.1) is 0 Å². The zero-order chi connectivity index (χ0) is 35.1. The zero-order valence-corrected chi connectivity index (χ0v) is 27.5. The van der Waals surface area contributed by atoms with Crippen molar-refractivity contribution in [3.8, 4) is 28.7 Å². The van der Waals surface area contributed by atoms with Crippen LogP contribution in [0.1, 0.15) is 58.1 Å². The lowest BCUT2D eigenvalue weighted by atomic mass is 9.99. The van der Waals surface area contributed by atoms with Gasteiger partial charge in [0.15, 0.2) is 0 Å². The first-order valence-corrected chi connectivity index (χ1v) is 15.1. The van der Waals surface area contributed by atoms with E-state index in [1.54, 1.807) is 36.4 Å². The minimum absolute atomic E-state index is 0.0385. The third kappa shape index (κ3) is 8.49. The van der Waals surface area contributed by atoms with E-state index >= 15 is 0 Å². The maximum Gasteiger partial charge on any atom is 0.343 e. The fourth-order valence-electron chi connectivity index (χ4n) is 5.10. The molecule has 0 aliphatic carbocycles. The van der Waals surface area contributed by atoms with Crippen molar-refractivity contribution in [2.24, 2.45) is 0 Å². The van der Waals surface area contributed by atoms with E-state index in [9.17, 15) is 19.2 Å². The second-order valence-corrected chi connectivity index (χ2v) is 11.1. The van der Waals surface area contributed by atoms with Crippen molar-refractivity contribution in [2.75, 3.05) is 19.5 Å². The van der Waals surface area contributed by atoms with Crippen LogP contribution in [0.5, 0.6) is 28.7 Å². The SMILES string of the molecule is COc1ccc(C(=O)Oc2cc(OC(=O)c3ccc(NC(=O)c4c(C)cc(C)cc4C)cc3)cc(OC(=O)c3ccc(OC)cc3)c2)cc1. The van der Waals surface area contributed by atoms with Crippen LogP contribution in [0, 0.1) is 20.8 Å². The number of esters is 3. The number of amides is 1. The molecule has 1 N–H and O–H groups in total. The molecule has 5 aromatic rings. The molecule has 0 aliphatic heterocycles. The molecule has 0 heterocycles. The second-order valence-electron chi connectivity index (χ2n) is 11.1. The molecular formula is C39H33NO9. The van der Waals surface area contributed by atoms with Gasteiger partial charge in [-0.1, -0.05) is 17.7 Å². The van der Waals surface area contributed by atoms with Crippen molar-refractivity contribution < 1.29 is 42.9 Å². The van der Waals surface area contributed by atoms with Gasteiger partial charge in [-0.2, -0.15) is 0 Å². The number of rotatable bonds is 10. The molecule has 248 valence electrons. The summed E-state index contributed by atoms with van der Waals surface area (Å²) >= 11 is 0. The topological polar surface area (TPSA) is 126 Å². The van der Waals surface area contributed by atoms with E-state index in [1.165, 1.54) is 68.8 Å². The Balaban J connectivity index is 1.34. The van der Waals surface area contributed by atoms with Crippen LogP contribution in [0.15, 0.2) is 103 Å². The Hall–Kier alpha value is -6.42. The number of carbonyl (C=O) groups excluding carboxylic acids is 4. The van der Waals surface area contributed by atoms with Crippen LogP contribution in [0.3, 0.4) is 0 Å². The Kier molecular flexibility index (Phi) is 10.4. The second kappa shape index (κ2) is 15.0. The normalized spacial score (nSPS) is 10.5. The maximum absolute atomic E-state index is 13.2. The van der Waals surface area contributed by atoms with Crippen LogP contribution in [-0.2, 0) is 0 Å². The van der Waals surface area contributed by atoms with Crippen molar-refractivity contribution in [1.29, 1.82) is 0 Å². The number of benzene rings is 5. The van der Waals surface area contributed by atoms with Crippen LogP contribution >= 0.6 is 0 Å². The third-order valence-electron chi connectivity index (χ3n) is 7.42. The Morgan fingerprint density at radius 1 is 0.469 bits per heavy atom. The van der Waals surface area contributed by atoms with Crippen molar-refractivity contribution in [3.63, 3.8) is 0 Å². The van der Waals surface area contributed by atoms with Crippen molar-refractivity contribution in [3.05, 3.63) is 142 Å².